The van der Waals surface area contributed by atoms with Gasteiger partial charge in [0.1, 0.15) is 5.82 Å². The van der Waals surface area contributed by atoms with Crippen molar-refractivity contribution in [2.24, 2.45) is 0 Å². The minimum absolute atomic E-state index is 0. The van der Waals surface area contributed by atoms with E-state index in [0.29, 0.717) is 0 Å². The predicted octanol–water partition coefficient (Wildman–Crippen LogP) is -2.77. The van der Waals surface area contributed by atoms with Gasteiger partial charge in [0.15, 0.2) is 0 Å². The van der Waals surface area contributed by atoms with E-state index in [9.17, 15) is 4.39 Å². The molecule has 2 aromatic rings. The number of nitrogens with zero attached hydrogens (tertiary/aromatic N) is 1. The van der Waals surface area contributed by atoms with Crippen LogP contribution in [-0.2, 0) is 13.0 Å². The molecule has 0 radical (unpaired) electrons. The first kappa shape index (κ1) is 20.7. The molecule has 0 amide bonds. The SMILES string of the molecule is CN(C)c1ccc(CNCCc2ccc(F)cc2)cc1.[Cl-].[Cl-]. The van der Waals surface area contributed by atoms with Crippen molar-refractivity contribution in [3.8, 4) is 0 Å². The Kier molecular flexibility index (Phi) is 9.83. The molecule has 2 rings (SSSR count). The molecule has 0 aliphatic carbocycles. The van der Waals surface area contributed by atoms with Crippen molar-refractivity contribution < 1.29 is 29.2 Å². The summed E-state index contributed by atoms with van der Waals surface area (Å²) in [6.07, 6.45) is 0.913. The zero-order chi connectivity index (χ0) is 14.4. The Labute approximate surface area is 144 Å². The summed E-state index contributed by atoms with van der Waals surface area (Å²) in [6, 6.07) is 15.2. The second-order valence-corrected chi connectivity index (χ2v) is 5.11. The standard InChI is InChI=1S/C17H21FN2.2ClH/c1-20(2)17-9-5-15(6-10-17)13-19-12-11-14-3-7-16(18)8-4-14;;/h3-10,19H,11-13H2,1-2H3;2*1H/p-2. The lowest BCUT2D eigenvalue weighted by atomic mass is 10.1. The van der Waals surface area contributed by atoms with E-state index in [-0.39, 0.29) is 30.6 Å². The van der Waals surface area contributed by atoms with E-state index in [1.54, 1.807) is 0 Å². The Morgan fingerprint density at radius 3 is 1.95 bits per heavy atom. The second-order valence-electron chi connectivity index (χ2n) is 5.11. The van der Waals surface area contributed by atoms with Gasteiger partial charge in [-0.2, -0.15) is 0 Å². The van der Waals surface area contributed by atoms with Crippen LogP contribution in [0.15, 0.2) is 48.5 Å². The number of hydrogen-bond acceptors (Lipinski definition) is 2. The smallest absolute Gasteiger partial charge is 0.123 e. The first-order valence-electron chi connectivity index (χ1n) is 6.86. The Morgan fingerprint density at radius 2 is 1.41 bits per heavy atom. The number of halogens is 3. The van der Waals surface area contributed by atoms with Crippen molar-refractivity contribution in [1.29, 1.82) is 0 Å². The quantitative estimate of drug-likeness (QED) is 0.572. The Balaban J connectivity index is 0.00000220. The van der Waals surface area contributed by atoms with Gasteiger partial charge in [-0.25, -0.2) is 4.39 Å². The molecular formula is C17H21Cl2FN2-2. The summed E-state index contributed by atoms with van der Waals surface area (Å²) in [6.45, 7) is 1.75. The maximum absolute atomic E-state index is 12.8. The molecule has 0 unspecified atom stereocenters. The molecule has 0 saturated heterocycles. The summed E-state index contributed by atoms with van der Waals surface area (Å²) in [7, 11) is 4.08. The Morgan fingerprint density at radius 1 is 0.864 bits per heavy atom. The Hall–Kier alpha value is -1.29. The van der Waals surface area contributed by atoms with E-state index < -0.39 is 0 Å². The normalized spacial score (nSPS) is 9.59. The number of anilines is 1. The van der Waals surface area contributed by atoms with Gasteiger partial charge in [0.05, 0.1) is 0 Å². The molecule has 2 nitrogen and oxygen atoms in total. The van der Waals surface area contributed by atoms with Gasteiger partial charge in [-0.3, -0.25) is 0 Å². The maximum atomic E-state index is 12.8. The van der Waals surface area contributed by atoms with E-state index in [1.807, 2.05) is 26.2 Å². The molecular weight excluding hydrogens is 322 g/mol. The fraction of sp³-hybridized carbons (Fsp3) is 0.294. The first-order chi connectivity index (χ1) is 9.65. The lowest BCUT2D eigenvalue weighted by molar-refractivity contribution is -0.00100. The molecule has 0 bridgehead atoms. The highest BCUT2D eigenvalue weighted by Crippen LogP contribution is 2.12. The molecule has 0 heterocycles. The number of rotatable bonds is 6. The van der Waals surface area contributed by atoms with E-state index in [1.165, 1.54) is 23.4 Å². The maximum Gasteiger partial charge on any atom is 0.123 e. The highest BCUT2D eigenvalue weighted by Gasteiger charge is 1.97. The van der Waals surface area contributed by atoms with Crippen molar-refractivity contribution >= 4 is 5.69 Å². The molecule has 122 valence electrons. The lowest BCUT2D eigenvalue weighted by Crippen LogP contribution is -3.00. The zero-order valence-corrected chi connectivity index (χ0v) is 14.3. The van der Waals surface area contributed by atoms with E-state index >= 15 is 0 Å². The highest BCUT2D eigenvalue weighted by molar-refractivity contribution is 5.45. The van der Waals surface area contributed by atoms with Crippen LogP contribution in [0.2, 0.25) is 0 Å². The van der Waals surface area contributed by atoms with Crippen LogP contribution in [0.3, 0.4) is 0 Å². The molecule has 0 aromatic heterocycles. The van der Waals surface area contributed by atoms with Gasteiger partial charge in [-0.15, -0.1) is 0 Å². The molecule has 5 heteroatoms. The van der Waals surface area contributed by atoms with Crippen LogP contribution in [-0.4, -0.2) is 20.6 Å². The average molecular weight is 343 g/mol. The first-order valence-corrected chi connectivity index (χ1v) is 6.86. The van der Waals surface area contributed by atoms with E-state index in [4.69, 9.17) is 0 Å². The van der Waals surface area contributed by atoms with Gasteiger partial charge in [0, 0.05) is 26.3 Å². The van der Waals surface area contributed by atoms with Crippen LogP contribution in [0.5, 0.6) is 0 Å². The van der Waals surface area contributed by atoms with Crippen LogP contribution in [0.4, 0.5) is 10.1 Å². The second kappa shape index (κ2) is 10.4. The number of benzene rings is 2. The lowest BCUT2D eigenvalue weighted by Gasteiger charge is -2.13. The summed E-state index contributed by atoms with van der Waals surface area (Å²) in [5.74, 6) is -0.178. The summed E-state index contributed by atoms with van der Waals surface area (Å²) in [4.78, 5) is 2.09. The topological polar surface area (TPSA) is 15.3 Å². The fourth-order valence-corrected chi connectivity index (χ4v) is 2.03. The molecule has 0 atom stereocenters. The summed E-state index contributed by atoms with van der Waals surface area (Å²) in [5, 5.41) is 3.41. The molecule has 0 spiro atoms. The molecule has 1 N–H and O–H groups in total. The monoisotopic (exact) mass is 342 g/mol. The molecule has 22 heavy (non-hydrogen) atoms. The van der Waals surface area contributed by atoms with Crippen molar-refractivity contribution in [3.63, 3.8) is 0 Å². The van der Waals surface area contributed by atoms with Crippen molar-refractivity contribution in [1.82, 2.24) is 5.32 Å². The third kappa shape index (κ3) is 6.65. The molecule has 0 saturated carbocycles. The van der Waals surface area contributed by atoms with Gasteiger partial charge in [0.2, 0.25) is 0 Å². The van der Waals surface area contributed by atoms with Crippen LogP contribution in [0.1, 0.15) is 11.1 Å². The molecule has 2 aromatic carbocycles. The molecule has 0 aliphatic heterocycles. The van der Waals surface area contributed by atoms with Gasteiger partial charge in [0.25, 0.3) is 0 Å². The van der Waals surface area contributed by atoms with Gasteiger partial charge >= 0.3 is 0 Å². The third-order valence-electron chi connectivity index (χ3n) is 3.29. The van der Waals surface area contributed by atoms with Gasteiger partial charge < -0.3 is 35.0 Å². The number of hydrogen-bond donors (Lipinski definition) is 1. The van der Waals surface area contributed by atoms with Crippen LogP contribution in [0.25, 0.3) is 0 Å². The van der Waals surface area contributed by atoms with Gasteiger partial charge in [-0.1, -0.05) is 24.3 Å². The van der Waals surface area contributed by atoms with Crippen molar-refractivity contribution in [2.75, 3.05) is 25.5 Å². The minimum atomic E-state index is -0.178. The minimum Gasteiger partial charge on any atom is -1.00 e. The Bertz CT molecular complexity index is 527. The predicted molar refractivity (Wildman–Crippen MR) is 82.6 cm³/mol. The summed E-state index contributed by atoms with van der Waals surface area (Å²) >= 11 is 0. The van der Waals surface area contributed by atoms with Crippen LogP contribution < -0.4 is 35.0 Å². The molecule has 0 aliphatic rings. The van der Waals surface area contributed by atoms with Crippen LogP contribution in [0, 0.1) is 5.82 Å². The van der Waals surface area contributed by atoms with E-state index in [2.05, 4.69) is 34.5 Å². The van der Waals surface area contributed by atoms with Gasteiger partial charge in [-0.05, 0) is 48.4 Å². The highest BCUT2D eigenvalue weighted by atomic mass is 35.5. The molecule has 0 fully saturated rings. The van der Waals surface area contributed by atoms with E-state index in [0.717, 1.165) is 25.1 Å². The van der Waals surface area contributed by atoms with Crippen molar-refractivity contribution in [3.05, 3.63) is 65.5 Å². The van der Waals surface area contributed by atoms with Crippen LogP contribution >= 0.6 is 0 Å². The summed E-state index contributed by atoms with van der Waals surface area (Å²) < 4.78 is 12.8. The summed E-state index contributed by atoms with van der Waals surface area (Å²) in [5.41, 5.74) is 3.64. The zero-order valence-electron chi connectivity index (χ0n) is 12.8. The largest absolute Gasteiger partial charge is 1.00 e. The third-order valence-corrected chi connectivity index (χ3v) is 3.29. The van der Waals surface area contributed by atoms with Crippen molar-refractivity contribution in [2.45, 2.75) is 13.0 Å². The average Bonchev–Trinajstić information content (AvgIpc) is 2.46. The number of nitrogens with one attached hydrogen (secondary N) is 1. The fourth-order valence-electron chi connectivity index (χ4n) is 2.03.